The lowest BCUT2D eigenvalue weighted by atomic mass is 9.80. The van der Waals surface area contributed by atoms with Gasteiger partial charge in [-0.3, -0.25) is 4.98 Å². The van der Waals surface area contributed by atoms with Crippen LogP contribution in [0.15, 0.2) is 23.0 Å². The van der Waals surface area contributed by atoms with Gasteiger partial charge in [0.25, 0.3) is 5.89 Å². The molecule has 2 heterocycles. The molecule has 106 valence electrons. The molecule has 2 atom stereocenters. The monoisotopic (exact) mass is 272 g/mol. The predicted molar refractivity (Wildman–Crippen MR) is 76.9 cm³/mol. The first-order valence-corrected chi connectivity index (χ1v) is 7.30. The van der Waals surface area contributed by atoms with Crippen LogP contribution in [0, 0.1) is 5.92 Å². The van der Waals surface area contributed by atoms with Gasteiger partial charge in [0, 0.05) is 18.3 Å². The Hall–Kier alpha value is -1.91. The van der Waals surface area contributed by atoms with Gasteiger partial charge in [-0.15, -0.1) is 0 Å². The zero-order chi connectivity index (χ0) is 13.9. The zero-order valence-electron chi connectivity index (χ0n) is 11.7. The third-order valence-corrected chi connectivity index (χ3v) is 4.17. The topological polar surface area (TPSA) is 77.8 Å². The molecule has 2 aromatic heterocycles. The van der Waals surface area contributed by atoms with Gasteiger partial charge in [0.1, 0.15) is 0 Å². The van der Waals surface area contributed by atoms with Crippen molar-refractivity contribution in [2.75, 3.05) is 5.73 Å². The third-order valence-electron chi connectivity index (χ3n) is 4.17. The molecule has 0 bridgehead atoms. The fourth-order valence-corrected chi connectivity index (χ4v) is 2.99. The number of hydrogen-bond donors (Lipinski definition) is 1. The molecule has 2 aromatic rings. The maximum atomic E-state index is 5.73. The summed E-state index contributed by atoms with van der Waals surface area (Å²) in [4.78, 5) is 8.60. The summed E-state index contributed by atoms with van der Waals surface area (Å²) in [5.74, 6) is 2.57. The van der Waals surface area contributed by atoms with Crippen LogP contribution in [0.25, 0.3) is 11.5 Å². The summed E-state index contributed by atoms with van der Waals surface area (Å²) in [5.41, 5.74) is 7.12. The van der Waals surface area contributed by atoms with E-state index in [0.29, 0.717) is 17.5 Å². The number of hydrogen-bond acceptors (Lipinski definition) is 5. The molecule has 2 unspecified atom stereocenters. The molecular weight excluding hydrogens is 252 g/mol. The minimum Gasteiger partial charge on any atom is -0.397 e. The summed E-state index contributed by atoms with van der Waals surface area (Å²) in [7, 11) is 0. The van der Waals surface area contributed by atoms with Crippen LogP contribution in [0.5, 0.6) is 0 Å². The van der Waals surface area contributed by atoms with E-state index in [1.807, 2.05) is 0 Å². The SMILES string of the molecule is CCC1CCCC(c2noc(-c3cncc(N)c3)n2)C1. The summed E-state index contributed by atoms with van der Waals surface area (Å²) in [5, 5.41) is 4.16. The van der Waals surface area contributed by atoms with Crippen LogP contribution < -0.4 is 5.73 Å². The molecule has 0 aliphatic heterocycles. The fraction of sp³-hybridized carbons (Fsp3) is 0.533. The normalized spacial score (nSPS) is 22.9. The first-order chi connectivity index (χ1) is 9.76. The molecule has 1 aliphatic carbocycles. The second-order valence-electron chi connectivity index (χ2n) is 5.60. The van der Waals surface area contributed by atoms with E-state index in [1.165, 1.54) is 25.7 Å². The average Bonchev–Trinajstić information content (AvgIpc) is 2.97. The number of nitrogens with zero attached hydrogens (tertiary/aromatic N) is 3. The Morgan fingerprint density at radius 2 is 2.25 bits per heavy atom. The van der Waals surface area contributed by atoms with Gasteiger partial charge < -0.3 is 10.3 Å². The van der Waals surface area contributed by atoms with Gasteiger partial charge in [-0.1, -0.05) is 31.3 Å². The highest BCUT2D eigenvalue weighted by atomic mass is 16.5. The molecule has 0 saturated heterocycles. The van der Waals surface area contributed by atoms with Gasteiger partial charge in [0.2, 0.25) is 0 Å². The second kappa shape index (κ2) is 5.61. The number of anilines is 1. The summed E-state index contributed by atoms with van der Waals surface area (Å²) in [6.45, 7) is 2.26. The summed E-state index contributed by atoms with van der Waals surface area (Å²) in [6, 6.07) is 1.81. The van der Waals surface area contributed by atoms with Crippen LogP contribution in [-0.2, 0) is 0 Å². The van der Waals surface area contributed by atoms with Crippen LogP contribution in [0.1, 0.15) is 50.8 Å². The van der Waals surface area contributed by atoms with Crippen molar-refractivity contribution in [3.05, 3.63) is 24.3 Å². The average molecular weight is 272 g/mol. The lowest BCUT2D eigenvalue weighted by Crippen LogP contribution is -2.14. The first-order valence-electron chi connectivity index (χ1n) is 7.30. The van der Waals surface area contributed by atoms with E-state index in [0.717, 1.165) is 23.7 Å². The van der Waals surface area contributed by atoms with Gasteiger partial charge in [0.05, 0.1) is 11.3 Å². The van der Waals surface area contributed by atoms with Crippen molar-refractivity contribution in [3.8, 4) is 11.5 Å². The highest BCUT2D eigenvalue weighted by Crippen LogP contribution is 2.36. The largest absolute Gasteiger partial charge is 0.397 e. The van der Waals surface area contributed by atoms with Crippen molar-refractivity contribution in [1.82, 2.24) is 15.1 Å². The van der Waals surface area contributed by atoms with Crippen LogP contribution in [0.4, 0.5) is 5.69 Å². The number of nitrogens with two attached hydrogens (primary N) is 1. The third kappa shape index (κ3) is 2.66. The number of pyridine rings is 1. The second-order valence-corrected chi connectivity index (χ2v) is 5.60. The van der Waals surface area contributed by atoms with Gasteiger partial charge in [0.15, 0.2) is 5.82 Å². The summed E-state index contributed by atoms with van der Waals surface area (Å²) in [6.07, 6.45) is 9.45. The minimum atomic E-state index is 0.431. The standard InChI is InChI=1S/C15H20N4O/c1-2-10-4-3-5-11(6-10)14-18-15(20-19-14)12-7-13(16)9-17-8-12/h7-11H,2-6,16H2,1H3. The van der Waals surface area contributed by atoms with E-state index < -0.39 is 0 Å². The zero-order valence-corrected chi connectivity index (χ0v) is 11.7. The fourth-order valence-electron chi connectivity index (χ4n) is 2.99. The quantitative estimate of drug-likeness (QED) is 0.926. The molecule has 0 aromatic carbocycles. The van der Waals surface area contributed by atoms with Crippen molar-refractivity contribution in [1.29, 1.82) is 0 Å². The van der Waals surface area contributed by atoms with E-state index in [2.05, 4.69) is 22.0 Å². The van der Waals surface area contributed by atoms with Gasteiger partial charge >= 0.3 is 0 Å². The molecular formula is C15H20N4O. The highest BCUT2D eigenvalue weighted by Gasteiger charge is 2.26. The Morgan fingerprint density at radius 3 is 3.05 bits per heavy atom. The minimum absolute atomic E-state index is 0.431. The number of rotatable bonds is 3. The lowest BCUT2D eigenvalue weighted by Gasteiger charge is -2.26. The molecule has 5 heteroatoms. The molecule has 0 amide bonds. The Kier molecular flexibility index (Phi) is 3.67. The highest BCUT2D eigenvalue weighted by molar-refractivity contribution is 5.57. The molecule has 5 nitrogen and oxygen atoms in total. The van der Waals surface area contributed by atoms with E-state index in [9.17, 15) is 0 Å². The smallest absolute Gasteiger partial charge is 0.259 e. The van der Waals surface area contributed by atoms with E-state index in [4.69, 9.17) is 10.3 Å². The molecule has 1 aliphatic rings. The van der Waals surface area contributed by atoms with Crippen LogP contribution in [0.3, 0.4) is 0 Å². The van der Waals surface area contributed by atoms with Crippen molar-refractivity contribution >= 4 is 5.69 Å². The van der Waals surface area contributed by atoms with Crippen molar-refractivity contribution in [3.63, 3.8) is 0 Å². The van der Waals surface area contributed by atoms with E-state index in [1.54, 1.807) is 18.5 Å². The van der Waals surface area contributed by atoms with Crippen LogP contribution >= 0.6 is 0 Å². The Morgan fingerprint density at radius 1 is 1.35 bits per heavy atom. The van der Waals surface area contributed by atoms with Crippen molar-refractivity contribution in [2.24, 2.45) is 5.92 Å². The predicted octanol–water partition coefficient (Wildman–Crippen LogP) is 3.40. The van der Waals surface area contributed by atoms with Crippen LogP contribution in [-0.4, -0.2) is 15.1 Å². The lowest BCUT2D eigenvalue weighted by molar-refractivity contribution is 0.300. The maximum absolute atomic E-state index is 5.73. The van der Waals surface area contributed by atoms with Gasteiger partial charge in [-0.05, 0) is 24.8 Å². The maximum Gasteiger partial charge on any atom is 0.259 e. The number of aromatic nitrogens is 3. The van der Waals surface area contributed by atoms with Crippen molar-refractivity contribution < 1.29 is 4.52 Å². The molecule has 1 fully saturated rings. The van der Waals surface area contributed by atoms with Crippen molar-refractivity contribution in [2.45, 2.75) is 44.9 Å². The van der Waals surface area contributed by atoms with E-state index in [-0.39, 0.29) is 0 Å². The molecule has 3 rings (SSSR count). The molecule has 1 saturated carbocycles. The summed E-state index contributed by atoms with van der Waals surface area (Å²) < 4.78 is 5.37. The van der Waals surface area contributed by atoms with E-state index >= 15 is 0 Å². The molecule has 2 N–H and O–H groups in total. The first kappa shape index (κ1) is 13.1. The molecule has 0 spiro atoms. The van der Waals surface area contributed by atoms with Gasteiger partial charge in [-0.25, -0.2) is 0 Å². The van der Waals surface area contributed by atoms with Gasteiger partial charge in [-0.2, -0.15) is 4.98 Å². The molecule has 20 heavy (non-hydrogen) atoms. The Labute approximate surface area is 118 Å². The number of nitrogen functional groups attached to an aromatic ring is 1. The molecule has 0 radical (unpaired) electrons. The Bertz CT molecular complexity index is 581. The summed E-state index contributed by atoms with van der Waals surface area (Å²) >= 11 is 0. The Balaban J connectivity index is 1.80. The van der Waals surface area contributed by atoms with Crippen LogP contribution in [0.2, 0.25) is 0 Å².